The summed E-state index contributed by atoms with van der Waals surface area (Å²) in [7, 11) is 0. The van der Waals surface area contributed by atoms with Crippen molar-refractivity contribution < 1.29 is 67.4 Å². The van der Waals surface area contributed by atoms with Gasteiger partial charge in [0.05, 0.1) is 17.8 Å². The molecule has 0 spiro atoms. The molecule has 0 aliphatic rings. The first kappa shape index (κ1) is 57.7. The van der Waals surface area contributed by atoms with Crippen LogP contribution >= 0.6 is 0 Å². The number of aliphatic hydroxyl groups is 2. The van der Waals surface area contributed by atoms with Crippen molar-refractivity contribution >= 4 is 35.3 Å². The molecule has 0 aromatic heterocycles. The van der Waals surface area contributed by atoms with Crippen LogP contribution in [0.3, 0.4) is 0 Å². The summed E-state index contributed by atoms with van der Waals surface area (Å²) >= 11 is 0. The van der Waals surface area contributed by atoms with Gasteiger partial charge in [0.2, 0.25) is 0 Å². The molecule has 14 nitrogen and oxygen atoms in total. The zero-order valence-electron chi connectivity index (χ0n) is 41.2. The molecule has 0 fully saturated rings. The quantitative estimate of drug-likeness (QED) is 0.0292. The van der Waals surface area contributed by atoms with Gasteiger partial charge in [0, 0.05) is 22.3 Å². The summed E-state index contributed by atoms with van der Waals surface area (Å²) in [4.78, 5) is 70.4. The highest BCUT2D eigenvalue weighted by molar-refractivity contribution is 6.09. The molecule has 2 N–H and O–H groups in total. The predicted octanol–water partition coefficient (Wildman–Crippen LogP) is 9.10. The molecule has 0 bridgehead atoms. The molecule has 370 valence electrons. The van der Waals surface area contributed by atoms with Crippen LogP contribution in [0.2, 0.25) is 0 Å². The van der Waals surface area contributed by atoms with Crippen LogP contribution in [-0.4, -0.2) is 96.3 Å². The molecule has 68 heavy (non-hydrogen) atoms. The molecule has 0 saturated carbocycles. The van der Waals surface area contributed by atoms with E-state index in [9.17, 15) is 39.0 Å². The Kier molecular flexibility index (Phi) is 25.0. The normalized spacial score (nSPS) is 12.2. The number of carbonyl (C=O) groups is 6. The molecule has 0 saturated heterocycles. The average molecular weight is 943 g/mol. The van der Waals surface area contributed by atoms with Crippen LogP contribution in [0.4, 0.5) is 0 Å². The number of Topliss-reactive ketones (excluding diaryl/α,β-unsaturated/α-hetero) is 2. The lowest BCUT2D eigenvalue weighted by molar-refractivity contribution is -0.149. The van der Waals surface area contributed by atoms with Crippen molar-refractivity contribution in [2.45, 2.75) is 99.7 Å². The van der Waals surface area contributed by atoms with Gasteiger partial charge in [0.25, 0.3) is 0 Å². The van der Waals surface area contributed by atoms with E-state index in [0.29, 0.717) is 39.5 Å². The molecule has 3 atom stereocenters. The van der Waals surface area contributed by atoms with Crippen molar-refractivity contribution in [1.82, 2.24) is 0 Å². The number of carbonyl (C=O) groups excluding carboxylic acids is 6. The van der Waals surface area contributed by atoms with Crippen molar-refractivity contribution in [3.63, 3.8) is 0 Å². The first-order valence-corrected chi connectivity index (χ1v) is 22.9. The molecule has 0 radical (unpaired) electrons. The van der Waals surface area contributed by atoms with Crippen molar-refractivity contribution in [2.75, 3.05) is 39.6 Å². The Hall–Kier alpha value is -6.38. The molecule has 4 aromatic rings. The standard InChI is InChI=1S/C20H22O4.2C17H24O5/c1-3-15(2)20(22)24-14-13-23-18-11-9-17(10-12-18)19(21)16-7-5-4-6-8-16;2*1-5-12(2)16(19)22-11-10-21-14-8-6-13(7-9-14)15(18)17(3,4)20/h4-12,15H,3,13-14H2,1-2H3;2*6-9,12,20H,5,10-11H2,1-4H3. The van der Waals surface area contributed by atoms with Crippen molar-refractivity contribution in [2.24, 2.45) is 17.8 Å². The lowest BCUT2D eigenvalue weighted by Crippen LogP contribution is -2.31. The summed E-state index contributed by atoms with van der Waals surface area (Å²) in [6, 6.07) is 29.1. The molecular formula is C54H70O14. The van der Waals surface area contributed by atoms with E-state index < -0.39 is 11.2 Å². The van der Waals surface area contributed by atoms with Gasteiger partial charge in [-0.3, -0.25) is 28.8 Å². The predicted molar refractivity (Wildman–Crippen MR) is 258 cm³/mol. The number of rotatable bonds is 24. The van der Waals surface area contributed by atoms with Crippen LogP contribution < -0.4 is 14.2 Å². The van der Waals surface area contributed by atoms with E-state index in [1.54, 1.807) is 84.9 Å². The maximum absolute atomic E-state index is 12.3. The van der Waals surface area contributed by atoms with Crippen LogP contribution in [0.15, 0.2) is 103 Å². The third-order valence-corrected chi connectivity index (χ3v) is 10.3. The third kappa shape index (κ3) is 21.1. The number of benzene rings is 4. The van der Waals surface area contributed by atoms with Gasteiger partial charge < -0.3 is 38.6 Å². The Morgan fingerprint density at radius 2 is 0.676 bits per heavy atom. The number of esters is 3. The monoisotopic (exact) mass is 942 g/mol. The van der Waals surface area contributed by atoms with Gasteiger partial charge in [-0.1, -0.05) is 71.9 Å². The number of hydrogen-bond acceptors (Lipinski definition) is 14. The van der Waals surface area contributed by atoms with Gasteiger partial charge in [-0.05, 0) is 120 Å². The summed E-state index contributed by atoms with van der Waals surface area (Å²) in [5.41, 5.74) is -0.690. The van der Waals surface area contributed by atoms with Crippen LogP contribution in [0.5, 0.6) is 17.2 Å². The lowest BCUT2D eigenvalue weighted by atomic mass is 9.97. The van der Waals surface area contributed by atoms with Crippen molar-refractivity contribution in [1.29, 1.82) is 0 Å². The Balaban J connectivity index is 0.000000351. The number of ether oxygens (including phenoxy) is 6. The minimum Gasteiger partial charge on any atom is -0.490 e. The van der Waals surface area contributed by atoms with E-state index in [2.05, 4.69) is 0 Å². The SMILES string of the molecule is CCC(C)C(=O)OCCOc1ccc(C(=O)C(C)(C)O)cc1.CCC(C)C(=O)OCCOc1ccc(C(=O)C(C)(C)O)cc1.CCC(C)C(=O)OCCOc1ccc(C(=O)c2ccccc2)cc1. The third-order valence-electron chi connectivity index (χ3n) is 10.3. The Morgan fingerprint density at radius 3 is 0.941 bits per heavy atom. The molecule has 0 heterocycles. The second-order valence-corrected chi connectivity index (χ2v) is 17.0. The smallest absolute Gasteiger partial charge is 0.308 e. The van der Waals surface area contributed by atoms with Crippen LogP contribution in [0.1, 0.15) is 125 Å². The van der Waals surface area contributed by atoms with Crippen LogP contribution in [0.25, 0.3) is 0 Å². The van der Waals surface area contributed by atoms with E-state index in [-0.39, 0.29) is 92.7 Å². The van der Waals surface area contributed by atoms with E-state index in [1.807, 2.05) is 59.7 Å². The van der Waals surface area contributed by atoms with E-state index in [4.69, 9.17) is 28.4 Å². The molecule has 3 unspecified atom stereocenters. The first-order chi connectivity index (χ1) is 32.1. The Labute approximate surface area is 401 Å². The number of hydrogen-bond donors (Lipinski definition) is 2. The molecular weight excluding hydrogens is 873 g/mol. The second kappa shape index (κ2) is 29.4. The fourth-order valence-corrected chi connectivity index (χ4v) is 5.40. The zero-order valence-corrected chi connectivity index (χ0v) is 41.2. The van der Waals surface area contributed by atoms with E-state index in [1.165, 1.54) is 27.7 Å². The topological polar surface area (TPSA) is 198 Å². The van der Waals surface area contributed by atoms with E-state index in [0.717, 1.165) is 19.3 Å². The van der Waals surface area contributed by atoms with Crippen molar-refractivity contribution in [3.05, 3.63) is 125 Å². The van der Waals surface area contributed by atoms with Gasteiger partial charge in [0.1, 0.15) is 68.1 Å². The van der Waals surface area contributed by atoms with Gasteiger partial charge >= 0.3 is 17.9 Å². The highest BCUT2D eigenvalue weighted by Gasteiger charge is 2.26. The molecule has 0 aliphatic carbocycles. The lowest BCUT2D eigenvalue weighted by Gasteiger charge is -2.15. The molecule has 14 heteroatoms. The summed E-state index contributed by atoms with van der Waals surface area (Å²) in [5.74, 6) is 0.123. The maximum Gasteiger partial charge on any atom is 0.308 e. The zero-order chi connectivity index (χ0) is 50.9. The summed E-state index contributed by atoms with van der Waals surface area (Å²) in [6.45, 7) is 18.5. The molecule has 4 rings (SSSR count). The van der Waals surface area contributed by atoms with Crippen molar-refractivity contribution in [3.8, 4) is 17.2 Å². The van der Waals surface area contributed by atoms with Gasteiger partial charge in [-0.25, -0.2) is 0 Å². The Bertz CT molecular complexity index is 2060. The van der Waals surface area contributed by atoms with Gasteiger partial charge in [-0.2, -0.15) is 0 Å². The summed E-state index contributed by atoms with van der Waals surface area (Å²) < 4.78 is 31.7. The first-order valence-electron chi connectivity index (χ1n) is 22.9. The highest BCUT2D eigenvalue weighted by atomic mass is 16.6. The fourth-order valence-electron chi connectivity index (χ4n) is 5.40. The van der Waals surface area contributed by atoms with Crippen LogP contribution in [0, 0.1) is 17.8 Å². The number of ketones is 3. The summed E-state index contributed by atoms with van der Waals surface area (Å²) in [5, 5.41) is 19.3. The fraction of sp³-hybridized carbons (Fsp3) is 0.444. The van der Waals surface area contributed by atoms with Gasteiger partial charge in [0.15, 0.2) is 17.3 Å². The van der Waals surface area contributed by atoms with E-state index >= 15 is 0 Å². The van der Waals surface area contributed by atoms with Gasteiger partial charge in [-0.15, -0.1) is 0 Å². The second-order valence-electron chi connectivity index (χ2n) is 17.0. The highest BCUT2D eigenvalue weighted by Crippen LogP contribution is 2.20. The molecule has 0 amide bonds. The summed E-state index contributed by atoms with van der Waals surface area (Å²) in [6.07, 6.45) is 2.25. The van der Waals surface area contributed by atoms with Crippen LogP contribution in [-0.2, 0) is 28.6 Å². The molecule has 0 aliphatic heterocycles. The largest absolute Gasteiger partial charge is 0.490 e. The Morgan fingerprint density at radius 1 is 0.412 bits per heavy atom. The average Bonchev–Trinajstić information content (AvgIpc) is 3.34. The minimum atomic E-state index is -1.40. The maximum atomic E-state index is 12.3. The molecule has 4 aromatic carbocycles. The minimum absolute atomic E-state index is 0.0235.